The normalized spacial score (nSPS) is 28.5. The van der Waals surface area contributed by atoms with Crippen molar-refractivity contribution in [1.82, 2.24) is 5.32 Å². The summed E-state index contributed by atoms with van der Waals surface area (Å²) >= 11 is 0. The van der Waals surface area contributed by atoms with Crippen molar-refractivity contribution in [1.29, 1.82) is 0 Å². The van der Waals surface area contributed by atoms with E-state index in [9.17, 15) is 4.79 Å². The van der Waals surface area contributed by atoms with Crippen LogP contribution in [0.1, 0.15) is 71.1 Å². The molecule has 1 N–H and O–H groups in total. The van der Waals surface area contributed by atoms with Crippen molar-refractivity contribution >= 4 is 5.97 Å². The van der Waals surface area contributed by atoms with Crippen LogP contribution < -0.4 is 5.32 Å². The highest BCUT2D eigenvalue weighted by atomic mass is 16.5. The van der Waals surface area contributed by atoms with Crippen molar-refractivity contribution in [2.75, 3.05) is 6.61 Å². The fourth-order valence-corrected chi connectivity index (χ4v) is 4.13. The van der Waals surface area contributed by atoms with E-state index in [4.69, 9.17) is 4.74 Å². The minimum absolute atomic E-state index is 0.00902. The lowest BCUT2D eigenvalue weighted by Crippen LogP contribution is -2.57. The number of rotatable bonds is 4. The fourth-order valence-electron chi connectivity index (χ4n) is 4.13. The standard InChI is InChI=1S/C16H27NO2/c1-2-19-14(18)16(17-13-5-6-13)11-9-15(10-12-16)7-3-4-8-15/h13,17H,2-12H2,1H3. The van der Waals surface area contributed by atoms with Crippen LogP contribution in [0.5, 0.6) is 0 Å². The van der Waals surface area contributed by atoms with Gasteiger partial charge in [-0.3, -0.25) is 10.1 Å². The Kier molecular flexibility index (Phi) is 3.59. The van der Waals surface area contributed by atoms with E-state index < -0.39 is 0 Å². The molecule has 0 amide bonds. The largest absolute Gasteiger partial charge is 0.465 e. The number of carbonyl (C=O) groups excluding carboxylic acids is 1. The molecular weight excluding hydrogens is 238 g/mol. The smallest absolute Gasteiger partial charge is 0.326 e. The van der Waals surface area contributed by atoms with Crippen LogP contribution in [0.4, 0.5) is 0 Å². The van der Waals surface area contributed by atoms with E-state index in [1.165, 1.54) is 51.4 Å². The molecule has 3 nitrogen and oxygen atoms in total. The first-order chi connectivity index (χ1) is 9.18. The average Bonchev–Trinajstić information content (AvgIpc) is 3.11. The Morgan fingerprint density at radius 1 is 1.11 bits per heavy atom. The van der Waals surface area contributed by atoms with Gasteiger partial charge in [0.1, 0.15) is 5.54 Å². The zero-order valence-electron chi connectivity index (χ0n) is 12.2. The first-order valence-corrected chi connectivity index (χ1v) is 8.13. The zero-order valence-corrected chi connectivity index (χ0v) is 12.2. The molecule has 0 aromatic rings. The summed E-state index contributed by atoms with van der Waals surface area (Å²) in [5, 5.41) is 3.62. The average molecular weight is 265 g/mol. The van der Waals surface area contributed by atoms with Crippen LogP contribution in [0.2, 0.25) is 0 Å². The number of ether oxygens (including phenoxy) is 1. The highest BCUT2D eigenvalue weighted by Crippen LogP contribution is 2.51. The highest BCUT2D eigenvalue weighted by molar-refractivity contribution is 5.81. The highest BCUT2D eigenvalue weighted by Gasteiger charge is 2.50. The minimum atomic E-state index is -0.356. The predicted octanol–water partition coefficient (Wildman–Crippen LogP) is 3.17. The second kappa shape index (κ2) is 5.08. The minimum Gasteiger partial charge on any atom is -0.465 e. The molecule has 0 aromatic heterocycles. The second-order valence-electron chi connectivity index (χ2n) is 6.93. The van der Waals surface area contributed by atoms with Crippen LogP contribution in [0.3, 0.4) is 0 Å². The predicted molar refractivity (Wildman–Crippen MR) is 74.9 cm³/mol. The van der Waals surface area contributed by atoms with Gasteiger partial charge in [0, 0.05) is 6.04 Å². The van der Waals surface area contributed by atoms with E-state index in [2.05, 4.69) is 5.32 Å². The number of esters is 1. The van der Waals surface area contributed by atoms with E-state index in [0.29, 0.717) is 18.1 Å². The Hall–Kier alpha value is -0.570. The van der Waals surface area contributed by atoms with Gasteiger partial charge in [0.15, 0.2) is 0 Å². The SMILES string of the molecule is CCOC(=O)C1(NC2CC2)CCC2(CCCC2)CC1. The summed E-state index contributed by atoms with van der Waals surface area (Å²) in [5.41, 5.74) is 0.215. The van der Waals surface area contributed by atoms with Gasteiger partial charge in [-0.15, -0.1) is 0 Å². The number of nitrogens with one attached hydrogen (secondary N) is 1. The van der Waals surface area contributed by atoms with Gasteiger partial charge < -0.3 is 4.74 Å². The lowest BCUT2D eigenvalue weighted by atomic mass is 9.66. The lowest BCUT2D eigenvalue weighted by Gasteiger charge is -2.44. The van der Waals surface area contributed by atoms with E-state index in [1.54, 1.807) is 0 Å². The van der Waals surface area contributed by atoms with Crippen LogP contribution in [-0.2, 0) is 9.53 Å². The Morgan fingerprint density at radius 2 is 1.74 bits per heavy atom. The molecule has 0 bridgehead atoms. The molecule has 0 saturated heterocycles. The molecule has 0 unspecified atom stereocenters. The van der Waals surface area contributed by atoms with Crippen molar-refractivity contribution in [3.8, 4) is 0 Å². The molecule has 19 heavy (non-hydrogen) atoms. The van der Waals surface area contributed by atoms with Crippen molar-refractivity contribution < 1.29 is 9.53 Å². The van der Waals surface area contributed by atoms with E-state index >= 15 is 0 Å². The maximum atomic E-state index is 12.4. The second-order valence-corrected chi connectivity index (χ2v) is 6.93. The van der Waals surface area contributed by atoms with Crippen molar-refractivity contribution in [3.05, 3.63) is 0 Å². The third kappa shape index (κ3) is 2.67. The lowest BCUT2D eigenvalue weighted by molar-refractivity contribution is -0.154. The molecule has 108 valence electrons. The van der Waals surface area contributed by atoms with E-state index in [0.717, 1.165) is 12.8 Å². The maximum Gasteiger partial charge on any atom is 0.326 e. The van der Waals surface area contributed by atoms with Gasteiger partial charge in [0.25, 0.3) is 0 Å². The maximum absolute atomic E-state index is 12.4. The van der Waals surface area contributed by atoms with Crippen LogP contribution in [-0.4, -0.2) is 24.2 Å². The molecule has 1 spiro atoms. The van der Waals surface area contributed by atoms with E-state index in [-0.39, 0.29) is 11.5 Å². The monoisotopic (exact) mass is 265 g/mol. The molecule has 0 aromatic carbocycles. The molecule has 3 heteroatoms. The van der Waals surface area contributed by atoms with Gasteiger partial charge in [-0.1, -0.05) is 12.8 Å². The molecule has 3 rings (SSSR count). The van der Waals surface area contributed by atoms with Crippen molar-refractivity contribution in [2.45, 2.75) is 82.7 Å². The molecule has 3 aliphatic rings. The summed E-state index contributed by atoms with van der Waals surface area (Å²) in [7, 11) is 0. The van der Waals surface area contributed by atoms with E-state index in [1.807, 2.05) is 6.92 Å². The molecule has 3 fully saturated rings. The summed E-state index contributed by atoms with van der Waals surface area (Å²) in [6.45, 7) is 2.40. The molecule has 3 saturated carbocycles. The van der Waals surface area contributed by atoms with Crippen molar-refractivity contribution in [3.63, 3.8) is 0 Å². The summed E-state index contributed by atoms with van der Waals surface area (Å²) < 4.78 is 5.36. The Morgan fingerprint density at radius 3 is 2.26 bits per heavy atom. The Balaban J connectivity index is 1.68. The van der Waals surface area contributed by atoms with Crippen LogP contribution in [0, 0.1) is 5.41 Å². The number of hydrogen-bond donors (Lipinski definition) is 1. The summed E-state index contributed by atoms with van der Waals surface area (Å²) in [6.07, 6.45) is 12.4. The fraction of sp³-hybridized carbons (Fsp3) is 0.938. The van der Waals surface area contributed by atoms with Gasteiger partial charge in [-0.25, -0.2) is 0 Å². The molecule has 0 heterocycles. The molecular formula is C16H27NO2. The molecule has 0 aliphatic heterocycles. The quantitative estimate of drug-likeness (QED) is 0.793. The van der Waals surface area contributed by atoms with Gasteiger partial charge in [-0.2, -0.15) is 0 Å². The summed E-state index contributed by atoms with van der Waals surface area (Å²) in [6, 6.07) is 0.571. The summed E-state index contributed by atoms with van der Waals surface area (Å²) in [5.74, 6) is 0.00902. The van der Waals surface area contributed by atoms with Crippen LogP contribution in [0.25, 0.3) is 0 Å². The van der Waals surface area contributed by atoms with Crippen molar-refractivity contribution in [2.24, 2.45) is 5.41 Å². The van der Waals surface area contributed by atoms with Gasteiger partial charge in [0.2, 0.25) is 0 Å². The van der Waals surface area contributed by atoms with Crippen LogP contribution in [0.15, 0.2) is 0 Å². The number of hydrogen-bond acceptors (Lipinski definition) is 3. The molecule has 3 aliphatic carbocycles. The topological polar surface area (TPSA) is 38.3 Å². The first-order valence-electron chi connectivity index (χ1n) is 8.13. The van der Waals surface area contributed by atoms with Crippen LogP contribution >= 0.6 is 0 Å². The molecule has 0 radical (unpaired) electrons. The third-order valence-corrected chi connectivity index (χ3v) is 5.55. The first kappa shape index (κ1) is 13.4. The molecule has 0 atom stereocenters. The number of carbonyl (C=O) groups is 1. The summed E-state index contributed by atoms with van der Waals surface area (Å²) in [4.78, 5) is 12.4. The Bertz CT molecular complexity index is 333. The van der Waals surface area contributed by atoms with Gasteiger partial charge in [0.05, 0.1) is 6.61 Å². The van der Waals surface area contributed by atoms with Gasteiger partial charge >= 0.3 is 5.97 Å². The third-order valence-electron chi connectivity index (χ3n) is 5.55. The zero-order chi connectivity index (χ0) is 13.3. The van der Waals surface area contributed by atoms with Gasteiger partial charge in [-0.05, 0) is 63.7 Å². The Labute approximate surface area is 116 Å².